The first kappa shape index (κ1) is 9.92. The van der Waals surface area contributed by atoms with Gasteiger partial charge in [-0.05, 0) is 28.7 Å². The van der Waals surface area contributed by atoms with Crippen LogP contribution in [0, 0.1) is 3.57 Å². The van der Waals surface area contributed by atoms with Crippen molar-refractivity contribution in [3.63, 3.8) is 0 Å². The summed E-state index contributed by atoms with van der Waals surface area (Å²) in [7, 11) is 3.19. The van der Waals surface area contributed by atoms with E-state index in [-0.39, 0.29) is 0 Å². The highest BCUT2D eigenvalue weighted by molar-refractivity contribution is 14.1. The molecule has 0 amide bonds. The van der Waals surface area contributed by atoms with Crippen LogP contribution >= 0.6 is 34.2 Å². The molecule has 0 spiro atoms. The summed E-state index contributed by atoms with van der Waals surface area (Å²) in [5.74, 6) is 1.41. The van der Waals surface area contributed by atoms with Crippen molar-refractivity contribution >= 4 is 34.2 Å². The molecule has 0 aliphatic heterocycles. The van der Waals surface area contributed by atoms with E-state index in [2.05, 4.69) is 22.6 Å². The van der Waals surface area contributed by atoms with E-state index in [4.69, 9.17) is 21.1 Å². The average molecular weight is 299 g/mol. The molecule has 0 radical (unpaired) electrons. The maximum absolute atomic E-state index is 5.87. The highest BCUT2D eigenvalue weighted by atomic mass is 127. The molecular formula is C8H8ClIO2. The van der Waals surface area contributed by atoms with Crippen LogP contribution in [0.4, 0.5) is 0 Å². The van der Waals surface area contributed by atoms with Crippen LogP contribution in [-0.2, 0) is 0 Å². The third-order valence-electron chi connectivity index (χ3n) is 1.43. The van der Waals surface area contributed by atoms with Gasteiger partial charge in [-0.3, -0.25) is 0 Å². The molecule has 66 valence electrons. The van der Waals surface area contributed by atoms with Crippen molar-refractivity contribution in [2.45, 2.75) is 0 Å². The zero-order valence-electron chi connectivity index (χ0n) is 6.73. The zero-order chi connectivity index (χ0) is 9.14. The van der Waals surface area contributed by atoms with Gasteiger partial charge >= 0.3 is 0 Å². The second-order valence-electron chi connectivity index (χ2n) is 2.12. The van der Waals surface area contributed by atoms with Gasteiger partial charge in [0.05, 0.1) is 22.8 Å². The second-order valence-corrected chi connectivity index (χ2v) is 3.69. The summed E-state index contributed by atoms with van der Waals surface area (Å²) in [6.45, 7) is 0. The van der Waals surface area contributed by atoms with Crippen molar-refractivity contribution in [2.24, 2.45) is 0 Å². The Morgan fingerprint density at radius 2 is 1.75 bits per heavy atom. The first-order valence-electron chi connectivity index (χ1n) is 3.26. The lowest BCUT2D eigenvalue weighted by Crippen LogP contribution is -1.90. The van der Waals surface area contributed by atoms with Gasteiger partial charge in [0.25, 0.3) is 0 Å². The molecule has 12 heavy (non-hydrogen) atoms. The van der Waals surface area contributed by atoms with E-state index in [0.717, 1.165) is 9.32 Å². The summed E-state index contributed by atoms with van der Waals surface area (Å²) >= 11 is 8.03. The third kappa shape index (κ3) is 1.95. The van der Waals surface area contributed by atoms with Crippen molar-refractivity contribution in [2.75, 3.05) is 14.2 Å². The van der Waals surface area contributed by atoms with Crippen LogP contribution in [0.25, 0.3) is 0 Å². The summed E-state index contributed by atoms with van der Waals surface area (Å²) in [5.41, 5.74) is 0. The Hall–Kier alpha value is -0.160. The zero-order valence-corrected chi connectivity index (χ0v) is 9.64. The van der Waals surface area contributed by atoms with E-state index in [1.165, 1.54) is 0 Å². The van der Waals surface area contributed by atoms with Crippen molar-refractivity contribution < 1.29 is 9.47 Å². The van der Waals surface area contributed by atoms with E-state index in [1.807, 2.05) is 0 Å². The molecule has 0 fully saturated rings. The van der Waals surface area contributed by atoms with Crippen LogP contribution in [0.5, 0.6) is 11.5 Å². The number of halogens is 2. The third-order valence-corrected chi connectivity index (χ3v) is 2.56. The molecule has 1 aromatic rings. The lowest BCUT2D eigenvalue weighted by molar-refractivity contribution is 0.392. The van der Waals surface area contributed by atoms with E-state index in [9.17, 15) is 0 Å². The lowest BCUT2D eigenvalue weighted by atomic mass is 10.3. The average Bonchev–Trinajstić information content (AvgIpc) is 2.05. The SMILES string of the molecule is COc1cc(OC)c(I)cc1Cl. The summed E-state index contributed by atoms with van der Waals surface area (Å²) in [6.07, 6.45) is 0. The standard InChI is InChI=1S/C8H8ClIO2/c1-11-7-4-8(12-2)6(10)3-5(7)9/h3-4H,1-2H3. The lowest BCUT2D eigenvalue weighted by Gasteiger charge is -2.07. The Kier molecular flexibility index (Phi) is 3.46. The van der Waals surface area contributed by atoms with Crippen LogP contribution in [0.1, 0.15) is 0 Å². The maximum Gasteiger partial charge on any atom is 0.141 e. The Morgan fingerprint density at radius 1 is 1.17 bits per heavy atom. The van der Waals surface area contributed by atoms with Gasteiger partial charge in [-0.15, -0.1) is 0 Å². The fraction of sp³-hybridized carbons (Fsp3) is 0.250. The van der Waals surface area contributed by atoms with E-state index in [1.54, 1.807) is 26.4 Å². The predicted molar refractivity (Wildman–Crippen MR) is 57.3 cm³/mol. The molecule has 1 aromatic carbocycles. The van der Waals surface area contributed by atoms with Gasteiger partial charge in [0.15, 0.2) is 0 Å². The number of ether oxygens (including phenoxy) is 2. The maximum atomic E-state index is 5.87. The largest absolute Gasteiger partial charge is 0.496 e. The number of rotatable bonds is 2. The Bertz CT molecular complexity index is 263. The fourth-order valence-electron chi connectivity index (χ4n) is 0.823. The van der Waals surface area contributed by atoms with Crippen LogP contribution in [0.15, 0.2) is 12.1 Å². The minimum Gasteiger partial charge on any atom is -0.496 e. The van der Waals surface area contributed by atoms with Crippen LogP contribution in [0.3, 0.4) is 0 Å². The molecule has 0 saturated carbocycles. The molecule has 0 atom stereocenters. The topological polar surface area (TPSA) is 18.5 Å². The van der Waals surface area contributed by atoms with Gasteiger partial charge in [0.2, 0.25) is 0 Å². The normalized spacial score (nSPS) is 9.67. The monoisotopic (exact) mass is 298 g/mol. The molecule has 0 aliphatic rings. The van der Waals surface area contributed by atoms with Gasteiger partial charge in [-0.25, -0.2) is 0 Å². The number of hydrogen-bond acceptors (Lipinski definition) is 2. The molecular weight excluding hydrogens is 290 g/mol. The molecule has 0 aromatic heterocycles. The van der Waals surface area contributed by atoms with Crippen LogP contribution in [0.2, 0.25) is 5.02 Å². The minimum atomic E-state index is 0.600. The van der Waals surface area contributed by atoms with E-state index < -0.39 is 0 Å². The molecule has 0 N–H and O–H groups in total. The molecule has 0 saturated heterocycles. The summed E-state index contributed by atoms with van der Waals surface area (Å²) in [6, 6.07) is 3.57. The molecule has 0 bridgehead atoms. The quantitative estimate of drug-likeness (QED) is 0.782. The van der Waals surface area contributed by atoms with Gasteiger partial charge in [-0.2, -0.15) is 0 Å². The summed E-state index contributed by atoms with van der Waals surface area (Å²) in [5, 5.41) is 0.600. The van der Waals surface area contributed by atoms with E-state index in [0.29, 0.717) is 10.8 Å². The van der Waals surface area contributed by atoms with Crippen molar-refractivity contribution in [1.29, 1.82) is 0 Å². The molecule has 1 rings (SSSR count). The number of hydrogen-bond donors (Lipinski definition) is 0. The number of benzene rings is 1. The first-order chi connectivity index (χ1) is 5.69. The fourth-order valence-corrected chi connectivity index (χ4v) is 1.94. The molecule has 4 heteroatoms. The summed E-state index contributed by atoms with van der Waals surface area (Å²) < 4.78 is 11.1. The van der Waals surface area contributed by atoms with E-state index >= 15 is 0 Å². The van der Waals surface area contributed by atoms with Gasteiger partial charge in [-0.1, -0.05) is 11.6 Å². The summed E-state index contributed by atoms with van der Waals surface area (Å²) in [4.78, 5) is 0. The van der Waals surface area contributed by atoms with Crippen LogP contribution in [-0.4, -0.2) is 14.2 Å². The van der Waals surface area contributed by atoms with Crippen molar-refractivity contribution in [1.82, 2.24) is 0 Å². The van der Waals surface area contributed by atoms with Crippen molar-refractivity contribution in [3.05, 3.63) is 20.7 Å². The Morgan fingerprint density at radius 3 is 2.25 bits per heavy atom. The predicted octanol–water partition coefficient (Wildman–Crippen LogP) is 2.96. The number of methoxy groups -OCH3 is 2. The van der Waals surface area contributed by atoms with Crippen LogP contribution < -0.4 is 9.47 Å². The first-order valence-corrected chi connectivity index (χ1v) is 4.71. The molecule has 0 aliphatic carbocycles. The molecule has 2 nitrogen and oxygen atoms in total. The second kappa shape index (κ2) is 4.18. The van der Waals surface area contributed by atoms with Gasteiger partial charge in [0, 0.05) is 6.07 Å². The molecule has 0 unspecified atom stereocenters. The highest BCUT2D eigenvalue weighted by Gasteiger charge is 2.06. The van der Waals surface area contributed by atoms with Crippen molar-refractivity contribution in [3.8, 4) is 11.5 Å². The Balaban J connectivity index is 3.18. The highest BCUT2D eigenvalue weighted by Crippen LogP contribution is 2.32. The molecule has 0 heterocycles. The minimum absolute atomic E-state index is 0.600. The van der Waals surface area contributed by atoms with Gasteiger partial charge < -0.3 is 9.47 Å². The Labute approximate surface area is 90.0 Å². The van der Waals surface area contributed by atoms with Gasteiger partial charge in [0.1, 0.15) is 11.5 Å². The smallest absolute Gasteiger partial charge is 0.141 e.